The molecule has 2 atom stereocenters. The summed E-state index contributed by atoms with van der Waals surface area (Å²) in [5.74, 6) is 1.87. The molecule has 2 fully saturated rings. The highest BCUT2D eigenvalue weighted by Gasteiger charge is 2.42. The third-order valence-electron chi connectivity index (χ3n) is 8.03. The van der Waals surface area contributed by atoms with Crippen LogP contribution in [0.5, 0.6) is 11.5 Å². The van der Waals surface area contributed by atoms with Gasteiger partial charge in [-0.2, -0.15) is 0 Å². The molecule has 0 aromatic heterocycles. The summed E-state index contributed by atoms with van der Waals surface area (Å²) in [6.07, 6.45) is 4.44. The monoisotopic (exact) mass is 533 g/mol. The van der Waals surface area contributed by atoms with Gasteiger partial charge in [0.05, 0.1) is 6.04 Å². The van der Waals surface area contributed by atoms with Gasteiger partial charge in [-0.25, -0.2) is 0 Å². The molecule has 39 heavy (non-hydrogen) atoms. The number of hydrogen-bond acceptors (Lipinski definition) is 5. The lowest BCUT2D eigenvalue weighted by molar-refractivity contribution is -0.138. The molecule has 2 amide bonds. The standard InChI is InChI=1S/C32H43N3O4/c1-23-9-8-10-24(15-23)20-35(30(36)18-32(2,3)4)26-17-27(31(37)33-13-6-5-7-14-33)34(21-26)19-25-11-12-28-29(16-25)39-22-38-28/h8-12,15-16,26-27H,5-7,13-14,17-22H2,1-4H3/t26-,27+/m1/s1. The molecule has 0 spiro atoms. The molecular formula is C32H43N3O4. The van der Waals surface area contributed by atoms with Gasteiger partial charge in [-0.05, 0) is 61.3 Å². The summed E-state index contributed by atoms with van der Waals surface area (Å²) < 4.78 is 11.1. The van der Waals surface area contributed by atoms with E-state index in [1.54, 1.807) is 0 Å². The zero-order chi connectivity index (χ0) is 27.6. The van der Waals surface area contributed by atoms with Crippen LogP contribution in [-0.2, 0) is 22.7 Å². The van der Waals surface area contributed by atoms with Gasteiger partial charge in [0.15, 0.2) is 11.5 Å². The molecule has 0 saturated carbocycles. The van der Waals surface area contributed by atoms with Crippen molar-refractivity contribution in [3.8, 4) is 11.5 Å². The van der Waals surface area contributed by atoms with Gasteiger partial charge in [-0.15, -0.1) is 0 Å². The van der Waals surface area contributed by atoms with Crippen LogP contribution in [0.25, 0.3) is 0 Å². The van der Waals surface area contributed by atoms with E-state index in [2.05, 4.69) is 67.8 Å². The number of rotatable bonds is 7. The minimum Gasteiger partial charge on any atom is -0.454 e. The van der Waals surface area contributed by atoms with Crippen LogP contribution >= 0.6 is 0 Å². The Bertz CT molecular complexity index is 1180. The fraction of sp³-hybridized carbons (Fsp3) is 0.562. The molecule has 7 nitrogen and oxygen atoms in total. The molecular weight excluding hydrogens is 490 g/mol. The van der Waals surface area contributed by atoms with Crippen LogP contribution in [0.15, 0.2) is 42.5 Å². The van der Waals surface area contributed by atoms with E-state index in [4.69, 9.17) is 9.47 Å². The van der Waals surface area contributed by atoms with Gasteiger partial charge < -0.3 is 19.3 Å². The first kappa shape index (κ1) is 27.5. The smallest absolute Gasteiger partial charge is 0.240 e. The topological polar surface area (TPSA) is 62.3 Å². The zero-order valence-electron chi connectivity index (χ0n) is 23.9. The SMILES string of the molecule is Cc1cccc(CN(C(=O)CC(C)(C)C)[C@@H]2C[C@@H](C(=O)N3CCCCC3)N(Cc3ccc4c(c3)OCO4)C2)c1. The van der Waals surface area contributed by atoms with Crippen molar-refractivity contribution in [2.45, 2.75) is 85.0 Å². The molecule has 5 rings (SSSR count). The number of hydrogen-bond donors (Lipinski definition) is 0. The molecule has 7 heteroatoms. The minimum absolute atomic E-state index is 0.0342. The maximum absolute atomic E-state index is 13.9. The molecule has 2 saturated heterocycles. The van der Waals surface area contributed by atoms with Crippen LogP contribution in [0.1, 0.15) is 69.6 Å². The van der Waals surface area contributed by atoms with Gasteiger partial charge in [-0.3, -0.25) is 14.5 Å². The lowest BCUT2D eigenvalue weighted by atomic mass is 9.91. The molecule has 0 N–H and O–H groups in total. The van der Waals surface area contributed by atoms with Crippen LogP contribution in [0.3, 0.4) is 0 Å². The Hall–Kier alpha value is -3.06. The minimum atomic E-state index is -0.249. The highest BCUT2D eigenvalue weighted by atomic mass is 16.7. The van der Waals surface area contributed by atoms with Crippen molar-refractivity contribution in [1.29, 1.82) is 0 Å². The summed E-state index contributed by atoms with van der Waals surface area (Å²) in [5, 5.41) is 0. The largest absolute Gasteiger partial charge is 0.454 e. The molecule has 2 aromatic carbocycles. The van der Waals surface area contributed by atoms with E-state index in [1.165, 1.54) is 12.0 Å². The molecule has 0 unspecified atom stereocenters. The number of ether oxygens (including phenoxy) is 2. The summed E-state index contributed by atoms with van der Waals surface area (Å²) in [6.45, 7) is 12.2. The maximum Gasteiger partial charge on any atom is 0.240 e. The summed E-state index contributed by atoms with van der Waals surface area (Å²) in [7, 11) is 0. The number of aryl methyl sites for hydroxylation is 1. The van der Waals surface area contributed by atoms with Gasteiger partial charge in [0.25, 0.3) is 0 Å². The Kier molecular flexibility index (Phi) is 8.17. The third-order valence-corrected chi connectivity index (χ3v) is 8.03. The Morgan fingerprint density at radius 2 is 1.74 bits per heavy atom. The molecule has 3 aliphatic heterocycles. The fourth-order valence-electron chi connectivity index (χ4n) is 6.12. The number of likely N-dealkylation sites (tertiary alicyclic amines) is 2. The Morgan fingerprint density at radius 1 is 0.974 bits per heavy atom. The number of amides is 2. The van der Waals surface area contributed by atoms with Crippen molar-refractivity contribution >= 4 is 11.8 Å². The number of piperidine rings is 1. The Balaban J connectivity index is 1.42. The lowest BCUT2D eigenvalue weighted by Crippen LogP contribution is -2.47. The van der Waals surface area contributed by atoms with E-state index in [0.717, 1.165) is 48.6 Å². The number of nitrogens with zero attached hydrogens (tertiary/aromatic N) is 3. The van der Waals surface area contributed by atoms with Crippen LogP contribution < -0.4 is 9.47 Å². The highest BCUT2D eigenvalue weighted by Crippen LogP contribution is 2.35. The summed E-state index contributed by atoms with van der Waals surface area (Å²) in [5.41, 5.74) is 3.29. The van der Waals surface area contributed by atoms with Crippen molar-refractivity contribution in [3.05, 3.63) is 59.2 Å². The molecule has 0 radical (unpaired) electrons. The zero-order valence-corrected chi connectivity index (χ0v) is 23.9. The lowest BCUT2D eigenvalue weighted by Gasteiger charge is -2.32. The molecule has 3 aliphatic rings. The Morgan fingerprint density at radius 3 is 2.49 bits per heavy atom. The van der Waals surface area contributed by atoms with Crippen LogP contribution in [-0.4, -0.2) is 65.0 Å². The van der Waals surface area contributed by atoms with Gasteiger partial charge >= 0.3 is 0 Å². The molecule has 0 bridgehead atoms. The van der Waals surface area contributed by atoms with Gasteiger partial charge in [0.1, 0.15) is 0 Å². The highest BCUT2D eigenvalue weighted by molar-refractivity contribution is 5.83. The number of fused-ring (bicyclic) bond motifs is 1. The normalized spacial score (nSPS) is 21.3. The molecule has 0 aliphatic carbocycles. The quantitative estimate of drug-likeness (QED) is 0.493. The van der Waals surface area contributed by atoms with E-state index in [1.807, 2.05) is 17.0 Å². The van der Waals surface area contributed by atoms with E-state index < -0.39 is 0 Å². The van der Waals surface area contributed by atoms with Crippen molar-refractivity contribution in [2.24, 2.45) is 5.41 Å². The summed E-state index contributed by atoms with van der Waals surface area (Å²) in [6, 6.07) is 14.1. The van der Waals surface area contributed by atoms with Gasteiger partial charge in [0.2, 0.25) is 18.6 Å². The first-order valence-corrected chi connectivity index (χ1v) is 14.4. The fourth-order valence-corrected chi connectivity index (χ4v) is 6.12. The van der Waals surface area contributed by atoms with E-state index >= 15 is 0 Å². The number of carbonyl (C=O) groups is 2. The van der Waals surface area contributed by atoms with E-state index in [0.29, 0.717) is 32.5 Å². The first-order chi connectivity index (χ1) is 18.7. The van der Waals surface area contributed by atoms with Gasteiger partial charge in [0, 0.05) is 45.2 Å². The maximum atomic E-state index is 13.9. The third kappa shape index (κ3) is 6.75. The van der Waals surface area contributed by atoms with E-state index in [-0.39, 0.29) is 36.1 Å². The average molecular weight is 534 g/mol. The summed E-state index contributed by atoms with van der Waals surface area (Å²) in [4.78, 5) is 34.1. The predicted molar refractivity (Wildman–Crippen MR) is 151 cm³/mol. The first-order valence-electron chi connectivity index (χ1n) is 14.4. The second kappa shape index (κ2) is 11.6. The Labute approximate surface area is 233 Å². The van der Waals surface area contributed by atoms with Crippen molar-refractivity contribution < 1.29 is 19.1 Å². The predicted octanol–water partition coefficient (Wildman–Crippen LogP) is 5.14. The van der Waals surface area contributed by atoms with E-state index in [9.17, 15) is 9.59 Å². The van der Waals surface area contributed by atoms with Crippen molar-refractivity contribution in [1.82, 2.24) is 14.7 Å². The van der Waals surface area contributed by atoms with Crippen LogP contribution in [0.4, 0.5) is 0 Å². The second-order valence-corrected chi connectivity index (χ2v) is 12.7. The van der Waals surface area contributed by atoms with Crippen LogP contribution in [0.2, 0.25) is 0 Å². The number of benzene rings is 2. The summed E-state index contributed by atoms with van der Waals surface area (Å²) >= 11 is 0. The number of carbonyl (C=O) groups excluding carboxylic acids is 2. The molecule has 2 aromatic rings. The molecule has 210 valence electrons. The molecule has 3 heterocycles. The second-order valence-electron chi connectivity index (χ2n) is 12.7. The average Bonchev–Trinajstić information content (AvgIpc) is 3.53. The van der Waals surface area contributed by atoms with Crippen molar-refractivity contribution in [3.63, 3.8) is 0 Å². The van der Waals surface area contributed by atoms with Gasteiger partial charge in [-0.1, -0.05) is 56.7 Å². The van der Waals surface area contributed by atoms with Crippen molar-refractivity contribution in [2.75, 3.05) is 26.4 Å². The van der Waals surface area contributed by atoms with Crippen LogP contribution in [0, 0.1) is 12.3 Å².